The summed E-state index contributed by atoms with van der Waals surface area (Å²) in [6, 6.07) is 4.63. The standard InChI is InChI=1S/C17H13FINO4/c1-7-16-15(17(22)24-7)13(8-2-3-9(18)10(19)4-8)14-11(20-16)5-23-6-12(14)21/h2-4,7,13,20H,5-6H2,1H3/t7-,13-/m0/s1/i19-2. The van der Waals surface area contributed by atoms with Crippen LogP contribution in [0, 0.1) is 9.39 Å². The molecule has 0 fully saturated rings. The van der Waals surface area contributed by atoms with E-state index in [4.69, 9.17) is 9.47 Å². The third kappa shape index (κ3) is 2.29. The molecule has 0 unspecified atom stereocenters. The van der Waals surface area contributed by atoms with Crippen molar-refractivity contribution in [1.82, 2.24) is 5.32 Å². The van der Waals surface area contributed by atoms with Crippen molar-refractivity contribution in [1.29, 1.82) is 0 Å². The highest BCUT2D eigenvalue weighted by atomic mass is 125. The zero-order chi connectivity index (χ0) is 17.0. The largest absolute Gasteiger partial charge is 0.453 e. The van der Waals surface area contributed by atoms with E-state index in [9.17, 15) is 14.0 Å². The lowest BCUT2D eigenvalue weighted by Gasteiger charge is -2.32. The van der Waals surface area contributed by atoms with E-state index in [1.807, 2.05) is 22.6 Å². The van der Waals surface area contributed by atoms with Crippen molar-refractivity contribution in [3.63, 3.8) is 0 Å². The Hall–Kier alpha value is -1.74. The van der Waals surface area contributed by atoms with E-state index in [1.54, 1.807) is 19.1 Å². The molecule has 2 atom stereocenters. The zero-order valence-electron chi connectivity index (χ0n) is 12.7. The second kappa shape index (κ2) is 5.66. The molecule has 0 aliphatic carbocycles. The summed E-state index contributed by atoms with van der Waals surface area (Å²) in [7, 11) is 0. The molecule has 7 heteroatoms. The fraction of sp³-hybridized carbons (Fsp3) is 0.294. The first-order valence-corrected chi connectivity index (χ1v) is 8.56. The van der Waals surface area contributed by atoms with Gasteiger partial charge in [-0.1, -0.05) is 6.07 Å². The summed E-state index contributed by atoms with van der Waals surface area (Å²) >= 11 is 1.90. The number of dihydropyridines is 1. The first-order chi connectivity index (χ1) is 11.5. The van der Waals surface area contributed by atoms with Gasteiger partial charge in [-0.25, -0.2) is 9.18 Å². The first kappa shape index (κ1) is 15.8. The number of benzene rings is 1. The van der Waals surface area contributed by atoms with Crippen LogP contribution in [0.2, 0.25) is 0 Å². The zero-order valence-corrected chi connectivity index (χ0v) is 14.8. The molecule has 3 aliphatic heterocycles. The molecular formula is C17H13FINO4. The van der Waals surface area contributed by atoms with Crippen molar-refractivity contribution in [3.8, 4) is 0 Å². The van der Waals surface area contributed by atoms with Gasteiger partial charge in [-0.3, -0.25) is 4.79 Å². The number of hydrogen-bond donors (Lipinski definition) is 1. The smallest absolute Gasteiger partial charge is 0.337 e. The Kier molecular flexibility index (Phi) is 3.72. The van der Waals surface area contributed by atoms with E-state index < -0.39 is 18.0 Å². The molecule has 0 spiro atoms. The number of carbonyl (C=O) groups is 2. The summed E-state index contributed by atoms with van der Waals surface area (Å²) in [5.41, 5.74) is 2.94. The number of cyclic esters (lactones) is 1. The normalized spacial score (nSPS) is 26.1. The van der Waals surface area contributed by atoms with E-state index in [1.165, 1.54) is 6.07 Å². The SMILES string of the molecule is C[C@@H]1OC(=O)C2=C1NC1=C(C(=O)COC1)[C@@H]2c1ccc(F)c([125I])c1. The number of ether oxygens (including phenoxy) is 2. The number of Topliss-reactive ketones (excluding diaryl/α,β-unsaturated/α-hetero) is 1. The van der Waals surface area contributed by atoms with E-state index in [2.05, 4.69) is 5.32 Å². The van der Waals surface area contributed by atoms with E-state index in [0.717, 1.165) is 0 Å². The lowest BCUT2D eigenvalue weighted by Crippen LogP contribution is -2.37. The van der Waals surface area contributed by atoms with Gasteiger partial charge in [-0.15, -0.1) is 0 Å². The monoisotopic (exact) mass is 439 g/mol. The Morgan fingerprint density at radius 1 is 1.25 bits per heavy atom. The molecule has 3 heterocycles. The molecule has 5 nitrogen and oxygen atoms in total. The van der Waals surface area contributed by atoms with E-state index >= 15 is 0 Å². The number of halogens is 2. The van der Waals surface area contributed by atoms with Gasteiger partial charge in [-0.05, 0) is 47.2 Å². The van der Waals surface area contributed by atoms with Gasteiger partial charge in [0.1, 0.15) is 18.5 Å². The van der Waals surface area contributed by atoms with Crippen LogP contribution >= 0.6 is 22.6 Å². The Morgan fingerprint density at radius 2 is 2.04 bits per heavy atom. The minimum absolute atomic E-state index is 0.0253. The van der Waals surface area contributed by atoms with Crippen molar-refractivity contribution in [2.45, 2.75) is 18.9 Å². The fourth-order valence-electron chi connectivity index (χ4n) is 3.39. The maximum absolute atomic E-state index is 13.7. The molecule has 0 aromatic heterocycles. The van der Waals surface area contributed by atoms with Gasteiger partial charge in [0.05, 0.1) is 17.9 Å². The van der Waals surface area contributed by atoms with Crippen molar-refractivity contribution in [2.75, 3.05) is 13.2 Å². The van der Waals surface area contributed by atoms with Gasteiger partial charge in [-0.2, -0.15) is 0 Å². The molecule has 1 N–H and O–H groups in total. The lowest BCUT2D eigenvalue weighted by atomic mass is 9.78. The minimum Gasteiger partial charge on any atom is -0.453 e. The van der Waals surface area contributed by atoms with Crippen LogP contribution in [0.3, 0.4) is 0 Å². The maximum Gasteiger partial charge on any atom is 0.337 e. The average molecular weight is 439 g/mol. The maximum atomic E-state index is 13.7. The first-order valence-electron chi connectivity index (χ1n) is 7.48. The van der Waals surface area contributed by atoms with Crippen LogP contribution in [-0.2, 0) is 19.1 Å². The van der Waals surface area contributed by atoms with Crippen LogP contribution in [0.4, 0.5) is 4.39 Å². The van der Waals surface area contributed by atoms with Gasteiger partial charge >= 0.3 is 5.97 Å². The van der Waals surface area contributed by atoms with Crippen LogP contribution in [-0.4, -0.2) is 31.1 Å². The molecule has 1 aromatic rings. The second-order valence-electron chi connectivity index (χ2n) is 5.91. The van der Waals surface area contributed by atoms with Crippen molar-refractivity contribution in [2.24, 2.45) is 0 Å². The van der Waals surface area contributed by atoms with Crippen molar-refractivity contribution < 1.29 is 23.5 Å². The number of esters is 1. The van der Waals surface area contributed by atoms with Crippen LogP contribution in [0.25, 0.3) is 0 Å². The summed E-state index contributed by atoms with van der Waals surface area (Å²) in [4.78, 5) is 24.8. The molecule has 0 amide bonds. The van der Waals surface area contributed by atoms with Crippen molar-refractivity contribution in [3.05, 3.63) is 55.7 Å². The molecule has 0 saturated heterocycles. The predicted octanol–water partition coefficient (Wildman–Crippen LogP) is 2.17. The predicted molar refractivity (Wildman–Crippen MR) is 90.4 cm³/mol. The highest BCUT2D eigenvalue weighted by molar-refractivity contribution is 14.1. The molecule has 3 aliphatic rings. The summed E-state index contributed by atoms with van der Waals surface area (Å²) in [6.07, 6.45) is -0.416. The van der Waals surface area contributed by atoms with E-state index in [-0.39, 0.29) is 24.8 Å². The van der Waals surface area contributed by atoms with Gasteiger partial charge in [0, 0.05) is 20.8 Å². The molecule has 0 radical (unpaired) electrons. The molecule has 0 bridgehead atoms. The van der Waals surface area contributed by atoms with Gasteiger partial charge in [0.25, 0.3) is 0 Å². The summed E-state index contributed by atoms with van der Waals surface area (Å²) < 4.78 is 24.7. The van der Waals surface area contributed by atoms with Crippen molar-refractivity contribution >= 4 is 34.3 Å². The quantitative estimate of drug-likeness (QED) is 0.537. The van der Waals surface area contributed by atoms with Crippen LogP contribution in [0.5, 0.6) is 0 Å². The molecule has 124 valence electrons. The molecular weight excluding hydrogens is 426 g/mol. The molecule has 4 rings (SSSR count). The van der Waals surface area contributed by atoms with Crippen LogP contribution < -0.4 is 5.32 Å². The summed E-state index contributed by atoms with van der Waals surface area (Å²) in [6.45, 7) is 2.02. The van der Waals surface area contributed by atoms with Gasteiger partial charge < -0.3 is 14.8 Å². The number of rotatable bonds is 1. The Bertz CT molecular complexity index is 843. The van der Waals surface area contributed by atoms with Crippen LogP contribution in [0.15, 0.2) is 40.7 Å². The summed E-state index contributed by atoms with van der Waals surface area (Å²) in [5.74, 6) is -1.51. The van der Waals surface area contributed by atoms with E-state index in [0.29, 0.717) is 31.7 Å². The number of hydrogen-bond acceptors (Lipinski definition) is 5. The lowest BCUT2D eigenvalue weighted by molar-refractivity contribution is -0.139. The Morgan fingerprint density at radius 3 is 2.79 bits per heavy atom. The molecule has 1 aromatic carbocycles. The Labute approximate surface area is 151 Å². The second-order valence-corrected chi connectivity index (χ2v) is 7.08. The minimum atomic E-state index is -0.556. The highest BCUT2D eigenvalue weighted by Gasteiger charge is 2.45. The molecule has 24 heavy (non-hydrogen) atoms. The third-order valence-corrected chi connectivity index (χ3v) is 5.27. The number of carbonyl (C=O) groups excluding carboxylic acids is 2. The van der Waals surface area contributed by atoms with Gasteiger partial charge in [0.15, 0.2) is 5.78 Å². The fourth-order valence-corrected chi connectivity index (χ4v) is 3.93. The molecule has 0 saturated carbocycles. The summed E-state index contributed by atoms with van der Waals surface area (Å²) in [5, 5.41) is 3.15. The number of nitrogens with one attached hydrogen (secondary N) is 1. The van der Waals surface area contributed by atoms with Crippen LogP contribution in [0.1, 0.15) is 18.4 Å². The number of ketones is 1. The third-order valence-electron chi connectivity index (χ3n) is 4.45. The Balaban J connectivity index is 1.93. The highest BCUT2D eigenvalue weighted by Crippen LogP contribution is 2.44. The van der Waals surface area contributed by atoms with Gasteiger partial charge in [0.2, 0.25) is 0 Å². The topological polar surface area (TPSA) is 64.6 Å². The average Bonchev–Trinajstić information content (AvgIpc) is 2.83.